The van der Waals surface area contributed by atoms with Gasteiger partial charge < -0.3 is 9.47 Å². The van der Waals surface area contributed by atoms with Gasteiger partial charge in [0.1, 0.15) is 0 Å². The van der Waals surface area contributed by atoms with Crippen LogP contribution in [0, 0.1) is 11.3 Å². The molecule has 0 amide bonds. The van der Waals surface area contributed by atoms with Gasteiger partial charge in [-0.15, -0.1) is 0 Å². The lowest BCUT2D eigenvalue weighted by Crippen LogP contribution is -2.19. The summed E-state index contributed by atoms with van der Waals surface area (Å²) in [5, 5.41) is 7.46. The van der Waals surface area contributed by atoms with E-state index in [9.17, 15) is 0 Å². The SMILES string of the molecule is CCOC(=N)CC1CCOCC1. The molecule has 0 atom stereocenters. The Balaban J connectivity index is 2.15. The van der Waals surface area contributed by atoms with Crippen LogP contribution < -0.4 is 0 Å². The van der Waals surface area contributed by atoms with E-state index in [4.69, 9.17) is 14.9 Å². The average Bonchev–Trinajstić information content (AvgIpc) is 2.06. The molecule has 1 aliphatic rings. The molecule has 0 spiro atoms. The van der Waals surface area contributed by atoms with Crippen LogP contribution in [-0.2, 0) is 9.47 Å². The fourth-order valence-electron chi connectivity index (χ4n) is 1.45. The zero-order chi connectivity index (χ0) is 8.81. The fourth-order valence-corrected chi connectivity index (χ4v) is 1.45. The fraction of sp³-hybridized carbons (Fsp3) is 0.889. The van der Waals surface area contributed by atoms with Crippen molar-refractivity contribution in [3.05, 3.63) is 0 Å². The van der Waals surface area contributed by atoms with E-state index in [2.05, 4.69) is 0 Å². The van der Waals surface area contributed by atoms with E-state index in [1.807, 2.05) is 6.92 Å². The van der Waals surface area contributed by atoms with Gasteiger partial charge in [0.25, 0.3) is 0 Å². The van der Waals surface area contributed by atoms with Gasteiger partial charge in [0, 0.05) is 19.6 Å². The van der Waals surface area contributed by atoms with Crippen LogP contribution >= 0.6 is 0 Å². The first-order valence-corrected chi connectivity index (χ1v) is 4.61. The summed E-state index contributed by atoms with van der Waals surface area (Å²) in [5.74, 6) is 1.04. The van der Waals surface area contributed by atoms with E-state index in [1.165, 1.54) is 0 Å². The summed E-state index contributed by atoms with van der Waals surface area (Å²) in [5.41, 5.74) is 0. The van der Waals surface area contributed by atoms with Crippen LogP contribution in [0.15, 0.2) is 0 Å². The van der Waals surface area contributed by atoms with Gasteiger partial charge in [-0.2, -0.15) is 0 Å². The standard InChI is InChI=1S/C9H17NO2/c1-2-12-9(10)7-8-3-5-11-6-4-8/h8,10H,2-7H2,1H3. The Kier molecular flexibility index (Phi) is 4.08. The molecule has 70 valence electrons. The molecule has 1 rings (SSSR count). The van der Waals surface area contributed by atoms with Crippen LogP contribution in [0.4, 0.5) is 0 Å². The van der Waals surface area contributed by atoms with E-state index >= 15 is 0 Å². The molecule has 0 aromatic rings. The minimum Gasteiger partial charge on any atom is -0.481 e. The molecule has 0 radical (unpaired) electrons. The van der Waals surface area contributed by atoms with Crippen LogP contribution in [0.25, 0.3) is 0 Å². The van der Waals surface area contributed by atoms with Gasteiger partial charge in [-0.25, -0.2) is 0 Å². The molecule has 3 heteroatoms. The molecular weight excluding hydrogens is 154 g/mol. The third kappa shape index (κ3) is 3.22. The first kappa shape index (κ1) is 9.52. The molecule has 12 heavy (non-hydrogen) atoms. The van der Waals surface area contributed by atoms with Crippen molar-refractivity contribution >= 4 is 5.90 Å². The Bertz CT molecular complexity index is 141. The third-order valence-electron chi connectivity index (χ3n) is 2.13. The Morgan fingerprint density at radius 3 is 2.75 bits per heavy atom. The van der Waals surface area contributed by atoms with E-state index < -0.39 is 0 Å². The maximum atomic E-state index is 7.46. The van der Waals surface area contributed by atoms with Crippen molar-refractivity contribution in [1.29, 1.82) is 5.41 Å². The highest BCUT2D eigenvalue weighted by atomic mass is 16.5. The zero-order valence-corrected chi connectivity index (χ0v) is 7.64. The quantitative estimate of drug-likeness (QED) is 0.520. The summed E-state index contributed by atoms with van der Waals surface area (Å²) in [4.78, 5) is 0. The lowest BCUT2D eigenvalue weighted by atomic mass is 9.97. The molecule has 1 aliphatic heterocycles. The largest absolute Gasteiger partial charge is 0.481 e. The Hall–Kier alpha value is -0.570. The maximum absolute atomic E-state index is 7.46. The highest BCUT2D eigenvalue weighted by Gasteiger charge is 2.15. The molecule has 0 unspecified atom stereocenters. The summed E-state index contributed by atoms with van der Waals surface area (Å²) in [7, 11) is 0. The minimum atomic E-state index is 0.435. The van der Waals surface area contributed by atoms with Gasteiger partial charge in [-0.3, -0.25) is 5.41 Å². The summed E-state index contributed by atoms with van der Waals surface area (Å²) < 4.78 is 10.3. The molecule has 0 saturated carbocycles. The Labute approximate surface area is 73.6 Å². The topological polar surface area (TPSA) is 42.3 Å². The van der Waals surface area contributed by atoms with E-state index in [-0.39, 0.29) is 0 Å². The number of hydrogen-bond donors (Lipinski definition) is 1. The molecule has 0 aliphatic carbocycles. The molecule has 1 N–H and O–H groups in total. The zero-order valence-electron chi connectivity index (χ0n) is 7.64. The van der Waals surface area contributed by atoms with Crippen LogP contribution in [0.5, 0.6) is 0 Å². The second kappa shape index (κ2) is 5.14. The Morgan fingerprint density at radius 1 is 1.50 bits per heavy atom. The van der Waals surface area contributed by atoms with Gasteiger partial charge >= 0.3 is 0 Å². The molecule has 1 fully saturated rings. The van der Waals surface area contributed by atoms with E-state index in [1.54, 1.807) is 0 Å². The molecule has 1 saturated heterocycles. The third-order valence-corrected chi connectivity index (χ3v) is 2.13. The second-order valence-corrected chi connectivity index (χ2v) is 3.12. The van der Waals surface area contributed by atoms with Crippen molar-refractivity contribution in [1.82, 2.24) is 0 Å². The molecule has 0 aromatic heterocycles. The number of hydrogen-bond acceptors (Lipinski definition) is 3. The average molecular weight is 171 g/mol. The van der Waals surface area contributed by atoms with Gasteiger partial charge in [-0.05, 0) is 25.7 Å². The first-order chi connectivity index (χ1) is 5.83. The van der Waals surface area contributed by atoms with Crippen molar-refractivity contribution in [2.24, 2.45) is 5.92 Å². The normalized spacial score (nSPS) is 19.1. The van der Waals surface area contributed by atoms with Crippen molar-refractivity contribution in [2.45, 2.75) is 26.2 Å². The molecule has 1 heterocycles. The number of nitrogens with one attached hydrogen (secondary N) is 1. The van der Waals surface area contributed by atoms with Gasteiger partial charge in [0.05, 0.1) is 6.61 Å². The van der Waals surface area contributed by atoms with Crippen molar-refractivity contribution in [2.75, 3.05) is 19.8 Å². The Morgan fingerprint density at radius 2 is 2.17 bits per heavy atom. The van der Waals surface area contributed by atoms with Crippen LogP contribution in [0.2, 0.25) is 0 Å². The van der Waals surface area contributed by atoms with Crippen molar-refractivity contribution < 1.29 is 9.47 Å². The predicted molar refractivity (Wildman–Crippen MR) is 47.5 cm³/mol. The van der Waals surface area contributed by atoms with Crippen LogP contribution in [-0.4, -0.2) is 25.7 Å². The van der Waals surface area contributed by atoms with Gasteiger partial charge in [-0.1, -0.05) is 0 Å². The van der Waals surface area contributed by atoms with Crippen LogP contribution in [0.1, 0.15) is 26.2 Å². The molecule has 3 nitrogen and oxygen atoms in total. The minimum absolute atomic E-state index is 0.435. The summed E-state index contributed by atoms with van der Waals surface area (Å²) in [6.07, 6.45) is 2.95. The highest BCUT2D eigenvalue weighted by Crippen LogP contribution is 2.18. The van der Waals surface area contributed by atoms with Crippen molar-refractivity contribution in [3.63, 3.8) is 0 Å². The maximum Gasteiger partial charge on any atom is 0.180 e. The highest BCUT2D eigenvalue weighted by molar-refractivity contribution is 5.72. The lowest BCUT2D eigenvalue weighted by Gasteiger charge is -2.21. The summed E-state index contributed by atoms with van der Waals surface area (Å²) in [6.45, 7) is 4.23. The van der Waals surface area contributed by atoms with Gasteiger partial charge in [0.2, 0.25) is 0 Å². The van der Waals surface area contributed by atoms with Crippen LogP contribution in [0.3, 0.4) is 0 Å². The summed E-state index contributed by atoms with van der Waals surface area (Å²) >= 11 is 0. The smallest absolute Gasteiger partial charge is 0.180 e. The van der Waals surface area contributed by atoms with Crippen molar-refractivity contribution in [3.8, 4) is 0 Å². The molecule has 0 bridgehead atoms. The summed E-state index contributed by atoms with van der Waals surface area (Å²) in [6, 6.07) is 0. The number of ether oxygens (including phenoxy) is 2. The predicted octanol–water partition coefficient (Wildman–Crippen LogP) is 1.82. The number of rotatable bonds is 3. The molecule has 0 aromatic carbocycles. The first-order valence-electron chi connectivity index (χ1n) is 4.61. The molecular formula is C9H17NO2. The van der Waals surface area contributed by atoms with E-state index in [0.717, 1.165) is 32.5 Å². The monoisotopic (exact) mass is 171 g/mol. The second-order valence-electron chi connectivity index (χ2n) is 3.12. The van der Waals surface area contributed by atoms with E-state index in [0.29, 0.717) is 18.4 Å². The lowest BCUT2D eigenvalue weighted by molar-refractivity contribution is 0.0667. The van der Waals surface area contributed by atoms with Gasteiger partial charge in [0.15, 0.2) is 5.90 Å².